The molecule has 2 heterocycles. The highest BCUT2D eigenvalue weighted by Crippen LogP contribution is 2.62. The fourth-order valence-electron chi connectivity index (χ4n) is 5.72. The topological polar surface area (TPSA) is 143 Å². The second-order valence-corrected chi connectivity index (χ2v) is 9.33. The number of carboxylic acid groups (broad SMARTS) is 1. The van der Waals surface area contributed by atoms with E-state index in [1.54, 1.807) is 12.1 Å². The fourth-order valence-corrected chi connectivity index (χ4v) is 5.72. The molecular weight excluding hydrogens is 446 g/mol. The van der Waals surface area contributed by atoms with Crippen LogP contribution in [0, 0.1) is 6.92 Å². The van der Waals surface area contributed by atoms with E-state index in [1.165, 1.54) is 6.07 Å². The van der Waals surface area contributed by atoms with Crippen molar-refractivity contribution in [2.45, 2.75) is 69.3 Å². The Bertz CT molecular complexity index is 1070. The zero-order chi connectivity index (χ0) is 25.0. The van der Waals surface area contributed by atoms with Gasteiger partial charge in [-0.05, 0) is 51.6 Å². The molecule has 3 aliphatic rings. The number of phenols is 1. The molecule has 0 aromatic heterocycles. The average molecular weight is 475 g/mol. The van der Waals surface area contributed by atoms with Gasteiger partial charge in [-0.15, -0.1) is 0 Å². The number of aryl methyl sites for hydroxylation is 1. The van der Waals surface area contributed by atoms with Crippen LogP contribution in [0.25, 0.3) is 0 Å². The predicted octanol–water partition coefficient (Wildman–Crippen LogP) is 1.39. The predicted molar refractivity (Wildman–Crippen MR) is 117 cm³/mol. The Morgan fingerprint density at radius 2 is 2.03 bits per heavy atom. The van der Waals surface area contributed by atoms with Gasteiger partial charge in [0.05, 0.1) is 17.4 Å². The van der Waals surface area contributed by atoms with Gasteiger partial charge in [0.2, 0.25) is 6.10 Å². The fraction of sp³-hybridized carbons (Fsp3) is 0.542. The Kier molecular flexibility index (Phi) is 5.85. The number of aliphatic carboxylic acids is 1. The van der Waals surface area contributed by atoms with Crippen molar-refractivity contribution in [1.82, 2.24) is 4.90 Å². The number of nitrogens with zero attached hydrogens (tertiary/aromatic N) is 1. The van der Waals surface area contributed by atoms with Gasteiger partial charge in [0.15, 0.2) is 17.6 Å². The van der Waals surface area contributed by atoms with Crippen LogP contribution in [0.3, 0.4) is 0 Å². The SMILES string of the molecule is CC(=O)O[C@@H](CC(=O)O)C(=O)OC1=CC[C@@]2(O)[C@@H](C)N(C)CC[C@@]23c2c(C)ccc(O)c2O[C@@H]13. The minimum Gasteiger partial charge on any atom is -0.504 e. The zero-order valence-electron chi connectivity index (χ0n) is 19.5. The number of carbonyl (C=O) groups is 3. The van der Waals surface area contributed by atoms with E-state index in [1.807, 2.05) is 25.8 Å². The molecule has 1 saturated heterocycles. The highest BCUT2D eigenvalue weighted by molar-refractivity contribution is 5.84. The van der Waals surface area contributed by atoms with Crippen LogP contribution in [0.5, 0.6) is 11.5 Å². The summed E-state index contributed by atoms with van der Waals surface area (Å²) < 4.78 is 16.6. The highest BCUT2D eigenvalue weighted by atomic mass is 16.6. The molecule has 10 heteroatoms. The second kappa shape index (κ2) is 8.28. The Morgan fingerprint density at radius 1 is 1.32 bits per heavy atom. The first-order chi connectivity index (χ1) is 15.9. The normalized spacial score (nSPS) is 30.7. The number of fused-ring (bicyclic) bond motifs is 1. The molecule has 0 saturated carbocycles. The Hall–Kier alpha value is -3.11. The summed E-state index contributed by atoms with van der Waals surface area (Å²) in [6.45, 7) is 5.48. The van der Waals surface area contributed by atoms with Gasteiger partial charge in [0.25, 0.3) is 0 Å². The van der Waals surface area contributed by atoms with Crippen molar-refractivity contribution in [2.24, 2.45) is 0 Å². The standard InChI is InChI=1S/C24H29NO9/c1-12-5-6-15(27)20-19(12)23-9-10-25(4)13(2)24(23,31)8-7-16(21(23)34-20)33-22(30)17(11-18(28)29)32-14(3)26/h5-7,13,17,21,27,31H,8-11H2,1-4H3,(H,28,29)/t13-,17+,21+,23+,24-/m1/s1. The molecule has 0 radical (unpaired) electrons. The first-order valence-electron chi connectivity index (χ1n) is 11.2. The van der Waals surface area contributed by atoms with Crippen molar-refractivity contribution in [1.29, 1.82) is 0 Å². The van der Waals surface area contributed by atoms with E-state index in [2.05, 4.69) is 0 Å². The lowest BCUT2D eigenvalue weighted by molar-refractivity contribution is -0.174. The maximum Gasteiger partial charge on any atom is 0.353 e. The summed E-state index contributed by atoms with van der Waals surface area (Å²) in [6.07, 6.45) is -1.19. The maximum absolute atomic E-state index is 12.9. The van der Waals surface area contributed by atoms with Gasteiger partial charge in [-0.2, -0.15) is 0 Å². The van der Waals surface area contributed by atoms with E-state index in [0.717, 1.165) is 12.5 Å². The number of hydrogen-bond donors (Lipinski definition) is 3. The van der Waals surface area contributed by atoms with Gasteiger partial charge in [-0.1, -0.05) is 6.07 Å². The van der Waals surface area contributed by atoms with Crippen LogP contribution in [0.2, 0.25) is 0 Å². The van der Waals surface area contributed by atoms with Crippen LogP contribution in [0.15, 0.2) is 24.0 Å². The smallest absolute Gasteiger partial charge is 0.353 e. The van der Waals surface area contributed by atoms with Gasteiger partial charge in [0.1, 0.15) is 5.76 Å². The number of carboxylic acids is 1. The van der Waals surface area contributed by atoms with Gasteiger partial charge in [-0.3, -0.25) is 9.59 Å². The molecule has 34 heavy (non-hydrogen) atoms. The molecular formula is C24H29NO9. The van der Waals surface area contributed by atoms with Crippen LogP contribution in [0.1, 0.15) is 44.2 Å². The van der Waals surface area contributed by atoms with Crippen molar-refractivity contribution >= 4 is 17.9 Å². The van der Waals surface area contributed by atoms with Crippen molar-refractivity contribution in [2.75, 3.05) is 13.6 Å². The number of hydrogen-bond acceptors (Lipinski definition) is 9. The minimum atomic E-state index is -1.64. The third-order valence-corrected chi connectivity index (χ3v) is 7.48. The number of ether oxygens (including phenoxy) is 3. The summed E-state index contributed by atoms with van der Waals surface area (Å²) in [5.74, 6) is -2.98. The summed E-state index contributed by atoms with van der Waals surface area (Å²) in [7, 11) is 1.92. The summed E-state index contributed by atoms with van der Waals surface area (Å²) in [6, 6.07) is 2.99. The maximum atomic E-state index is 12.9. The first kappa shape index (κ1) is 24.0. The Balaban J connectivity index is 1.78. The average Bonchev–Trinajstić information content (AvgIpc) is 3.12. The van der Waals surface area contributed by atoms with Crippen LogP contribution in [-0.4, -0.2) is 75.6 Å². The number of piperidine rings is 1. The molecule has 2 aliphatic heterocycles. The first-order valence-corrected chi connectivity index (χ1v) is 11.2. The van der Waals surface area contributed by atoms with Gasteiger partial charge < -0.3 is 34.4 Å². The summed E-state index contributed by atoms with van der Waals surface area (Å²) in [4.78, 5) is 37.5. The lowest BCUT2D eigenvalue weighted by Crippen LogP contribution is -2.71. The number of aromatic hydroxyl groups is 1. The molecule has 1 fully saturated rings. The summed E-state index contributed by atoms with van der Waals surface area (Å²) in [5, 5.41) is 31.8. The number of likely N-dealkylation sites (tertiary alicyclic amines) is 1. The second-order valence-electron chi connectivity index (χ2n) is 9.33. The van der Waals surface area contributed by atoms with Crippen LogP contribution < -0.4 is 4.74 Å². The third kappa shape index (κ3) is 3.43. The van der Waals surface area contributed by atoms with E-state index in [-0.39, 0.29) is 29.7 Å². The zero-order valence-corrected chi connectivity index (χ0v) is 19.5. The number of aliphatic hydroxyl groups is 1. The third-order valence-electron chi connectivity index (χ3n) is 7.48. The quantitative estimate of drug-likeness (QED) is 0.535. The molecule has 4 rings (SSSR count). The molecule has 1 aliphatic carbocycles. The van der Waals surface area contributed by atoms with E-state index < -0.39 is 47.6 Å². The molecule has 0 bridgehead atoms. The van der Waals surface area contributed by atoms with E-state index in [0.29, 0.717) is 18.5 Å². The van der Waals surface area contributed by atoms with Gasteiger partial charge >= 0.3 is 17.9 Å². The van der Waals surface area contributed by atoms with E-state index >= 15 is 0 Å². The number of likely N-dealkylation sites (N-methyl/N-ethyl adjacent to an activating group) is 1. The van der Waals surface area contributed by atoms with Crippen LogP contribution in [-0.2, 0) is 29.3 Å². The van der Waals surface area contributed by atoms with E-state index in [4.69, 9.17) is 19.3 Å². The largest absolute Gasteiger partial charge is 0.504 e. The number of benzene rings is 1. The van der Waals surface area contributed by atoms with Gasteiger partial charge in [-0.25, -0.2) is 4.79 Å². The van der Waals surface area contributed by atoms with Crippen molar-refractivity contribution in [3.8, 4) is 11.5 Å². The molecule has 1 aromatic carbocycles. The molecule has 0 amide bonds. The minimum absolute atomic E-state index is 0.0870. The molecule has 5 atom stereocenters. The monoisotopic (exact) mass is 475 g/mol. The lowest BCUT2D eigenvalue weighted by atomic mass is 9.54. The molecule has 10 nitrogen and oxygen atoms in total. The lowest BCUT2D eigenvalue weighted by Gasteiger charge is -2.58. The number of phenolic OH excluding ortho intramolecular Hbond substituents is 1. The summed E-state index contributed by atoms with van der Waals surface area (Å²) in [5.41, 5.74) is -0.836. The van der Waals surface area contributed by atoms with Crippen molar-refractivity contribution in [3.63, 3.8) is 0 Å². The van der Waals surface area contributed by atoms with E-state index in [9.17, 15) is 24.6 Å². The summed E-state index contributed by atoms with van der Waals surface area (Å²) >= 11 is 0. The molecule has 1 spiro atoms. The molecule has 184 valence electrons. The molecule has 0 unspecified atom stereocenters. The molecule has 1 aromatic rings. The number of carbonyl (C=O) groups excluding carboxylic acids is 2. The number of esters is 2. The highest BCUT2D eigenvalue weighted by Gasteiger charge is 2.69. The Morgan fingerprint density at radius 3 is 2.68 bits per heavy atom. The van der Waals surface area contributed by atoms with Crippen LogP contribution in [0.4, 0.5) is 0 Å². The van der Waals surface area contributed by atoms with Gasteiger partial charge in [0, 0.05) is 24.9 Å². The number of rotatable bonds is 5. The van der Waals surface area contributed by atoms with Crippen molar-refractivity contribution < 1.29 is 43.9 Å². The van der Waals surface area contributed by atoms with Crippen molar-refractivity contribution in [3.05, 3.63) is 35.1 Å². The van der Waals surface area contributed by atoms with Crippen LogP contribution >= 0.6 is 0 Å². The Labute approximate surface area is 196 Å². The molecule has 3 N–H and O–H groups in total.